The lowest BCUT2D eigenvalue weighted by Crippen LogP contribution is -2.41. The first-order chi connectivity index (χ1) is 17.7. The Bertz CT molecular complexity index is 1480. The van der Waals surface area contributed by atoms with E-state index in [1.807, 2.05) is 39.0 Å². The van der Waals surface area contributed by atoms with Gasteiger partial charge in [0.25, 0.3) is 0 Å². The number of halogens is 1. The number of amides is 1. The van der Waals surface area contributed by atoms with E-state index in [-0.39, 0.29) is 10.8 Å². The highest BCUT2D eigenvalue weighted by molar-refractivity contribution is 7.90. The van der Waals surface area contributed by atoms with Crippen LogP contribution in [0.1, 0.15) is 56.8 Å². The number of anilines is 1. The number of carbonyl (C=O) groups is 1. The Morgan fingerprint density at radius 1 is 1.11 bits per heavy atom. The summed E-state index contributed by atoms with van der Waals surface area (Å²) >= 11 is 6.45. The van der Waals surface area contributed by atoms with E-state index in [4.69, 9.17) is 16.7 Å². The monoisotopic (exact) mass is 573 g/mol. The summed E-state index contributed by atoms with van der Waals surface area (Å²) in [5, 5.41) is 22.2. The zero-order valence-electron chi connectivity index (χ0n) is 21.4. The van der Waals surface area contributed by atoms with Gasteiger partial charge in [0.2, 0.25) is 0 Å². The first-order valence-electron chi connectivity index (χ1n) is 11.7. The zero-order chi connectivity index (χ0) is 27.8. The standard InChI is InChI=1S/C26H28ClN5O4S2/c1-25(2,3)38(36)32-22(21-16(27)6-7-20(30-21)31-24(33)34)19-13-18-23(37-19)15(9-11-29-18)17-12-14(8-10-28-17)26(4,5)35/h6-13,22,32,35H,1-5H3,(H,30,31)(H,33,34)/t22?,38-/m0/s1. The largest absolute Gasteiger partial charge is 0.598 e. The molecule has 0 aliphatic carbocycles. The molecule has 12 heteroatoms. The summed E-state index contributed by atoms with van der Waals surface area (Å²) < 4.78 is 16.6. The minimum atomic E-state index is -1.51. The number of hydrogen-bond acceptors (Lipinski definition) is 8. The van der Waals surface area contributed by atoms with Gasteiger partial charge in [-0.2, -0.15) is 0 Å². The summed E-state index contributed by atoms with van der Waals surface area (Å²) in [5.74, 6) is 0.0952. The van der Waals surface area contributed by atoms with E-state index in [1.54, 1.807) is 38.4 Å². The van der Waals surface area contributed by atoms with Gasteiger partial charge in [-0.3, -0.25) is 15.3 Å². The Morgan fingerprint density at radius 3 is 2.47 bits per heavy atom. The average Bonchev–Trinajstić information content (AvgIpc) is 3.26. The van der Waals surface area contributed by atoms with Crippen molar-refractivity contribution in [3.63, 3.8) is 0 Å². The molecule has 0 aliphatic heterocycles. The van der Waals surface area contributed by atoms with Crippen molar-refractivity contribution < 1.29 is 19.6 Å². The predicted molar refractivity (Wildman–Crippen MR) is 152 cm³/mol. The van der Waals surface area contributed by atoms with Crippen molar-refractivity contribution in [2.45, 2.75) is 51.0 Å². The molecule has 4 rings (SSSR count). The maximum Gasteiger partial charge on any atom is 0.410 e. The quantitative estimate of drug-likeness (QED) is 0.201. The molecule has 0 aliphatic rings. The third kappa shape index (κ3) is 6.25. The predicted octanol–water partition coefficient (Wildman–Crippen LogP) is 5.87. The molecule has 4 aromatic heterocycles. The first kappa shape index (κ1) is 28.2. The summed E-state index contributed by atoms with van der Waals surface area (Å²) in [5.41, 5.74) is 2.22. The van der Waals surface area contributed by atoms with Gasteiger partial charge in [0, 0.05) is 34.2 Å². The maximum atomic E-state index is 13.2. The van der Waals surface area contributed by atoms with E-state index >= 15 is 0 Å². The molecule has 0 saturated carbocycles. The summed E-state index contributed by atoms with van der Waals surface area (Å²) in [6.07, 6.45) is 2.08. The van der Waals surface area contributed by atoms with Gasteiger partial charge in [0.1, 0.15) is 16.6 Å². The van der Waals surface area contributed by atoms with E-state index in [0.29, 0.717) is 16.9 Å². The van der Waals surface area contributed by atoms with Gasteiger partial charge >= 0.3 is 6.09 Å². The molecule has 0 bridgehead atoms. The van der Waals surface area contributed by atoms with Crippen molar-refractivity contribution in [2.24, 2.45) is 0 Å². The summed E-state index contributed by atoms with van der Waals surface area (Å²) in [7, 11) is 0. The fraction of sp³-hybridized carbons (Fsp3) is 0.308. The van der Waals surface area contributed by atoms with Crippen molar-refractivity contribution in [3.05, 3.63) is 69.9 Å². The molecule has 0 saturated heterocycles. The molecular weight excluding hydrogens is 546 g/mol. The molecule has 1 unspecified atom stereocenters. The minimum absolute atomic E-state index is 0.0952. The van der Waals surface area contributed by atoms with Gasteiger partial charge in [-0.25, -0.2) is 9.78 Å². The number of aromatic nitrogens is 3. The number of thiophene rings is 1. The summed E-state index contributed by atoms with van der Waals surface area (Å²) in [6, 6.07) is 9.64. The highest BCUT2D eigenvalue weighted by atomic mass is 35.5. The lowest BCUT2D eigenvalue weighted by atomic mass is 9.97. The first-order valence-corrected chi connectivity index (χ1v) is 14.0. The van der Waals surface area contributed by atoms with Gasteiger partial charge in [0.15, 0.2) is 0 Å². The zero-order valence-corrected chi connectivity index (χ0v) is 23.8. The summed E-state index contributed by atoms with van der Waals surface area (Å²) in [6.45, 7) is 8.96. The fourth-order valence-corrected chi connectivity index (χ4v) is 5.92. The molecule has 4 heterocycles. The van der Waals surface area contributed by atoms with Gasteiger partial charge in [-0.05, 0) is 76.6 Å². The Hall–Kier alpha value is -2.80. The van der Waals surface area contributed by atoms with Crippen LogP contribution in [0.4, 0.5) is 10.6 Å². The molecule has 0 spiro atoms. The van der Waals surface area contributed by atoms with Crippen LogP contribution in [0.15, 0.2) is 48.8 Å². The van der Waals surface area contributed by atoms with E-state index in [0.717, 1.165) is 20.7 Å². The number of carboxylic acid groups (broad SMARTS) is 1. The van der Waals surface area contributed by atoms with Crippen LogP contribution in [-0.2, 0) is 17.0 Å². The molecule has 200 valence electrons. The number of hydrogen-bond donors (Lipinski definition) is 4. The second-order valence-corrected chi connectivity index (χ2v) is 13.6. The lowest BCUT2D eigenvalue weighted by Gasteiger charge is -2.27. The lowest BCUT2D eigenvalue weighted by molar-refractivity contribution is 0.0785. The van der Waals surface area contributed by atoms with Crippen LogP contribution in [-0.4, -0.2) is 40.6 Å². The smallest absolute Gasteiger partial charge is 0.410 e. The SMILES string of the molecule is CC(C)(O)c1ccnc(-c2ccnc3cc(C(N[S@@+]([O-])C(C)(C)C)c4nc(NC(=O)O)ccc4Cl)sc23)c1. The molecule has 0 radical (unpaired) electrons. The third-order valence-electron chi connectivity index (χ3n) is 5.62. The Labute approximate surface area is 232 Å². The number of rotatable bonds is 7. The second-order valence-electron chi connectivity index (χ2n) is 10.1. The van der Waals surface area contributed by atoms with Crippen LogP contribution in [0.3, 0.4) is 0 Å². The van der Waals surface area contributed by atoms with E-state index < -0.39 is 33.8 Å². The van der Waals surface area contributed by atoms with E-state index in [1.165, 1.54) is 17.4 Å². The van der Waals surface area contributed by atoms with E-state index in [2.05, 4.69) is 25.0 Å². The Morgan fingerprint density at radius 2 is 1.82 bits per heavy atom. The normalized spacial score (nSPS) is 13.9. The number of nitrogens with one attached hydrogen (secondary N) is 2. The van der Waals surface area contributed by atoms with Crippen molar-refractivity contribution in [1.82, 2.24) is 19.7 Å². The van der Waals surface area contributed by atoms with Crippen LogP contribution < -0.4 is 10.0 Å². The number of pyridine rings is 3. The highest BCUT2D eigenvalue weighted by Gasteiger charge is 2.33. The van der Waals surface area contributed by atoms with Crippen molar-refractivity contribution in [3.8, 4) is 11.3 Å². The molecule has 0 fully saturated rings. The van der Waals surface area contributed by atoms with Crippen molar-refractivity contribution in [2.75, 3.05) is 5.32 Å². The number of nitrogens with zero attached hydrogens (tertiary/aromatic N) is 3. The molecule has 2 atom stereocenters. The van der Waals surface area contributed by atoms with Crippen LogP contribution >= 0.6 is 22.9 Å². The molecule has 9 nitrogen and oxygen atoms in total. The molecule has 4 aromatic rings. The van der Waals surface area contributed by atoms with Gasteiger partial charge in [-0.1, -0.05) is 11.6 Å². The fourth-order valence-electron chi connectivity index (χ4n) is 3.63. The molecule has 4 N–H and O–H groups in total. The Kier molecular flexibility index (Phi) is 7.99. The van der Waals surface area contributed by atoms with Crippen LogP contribution in [0, 0.1) is 0 Å². The van der Waals surface area contributed by atoms with Crippen LogP contribution in [0.2, 0.25) is 5.02 Å². The van der Waals surface area contributed by atoms with Gasteiger partial charge in [0.05, 0.1) is 32.2 Å². The third-order valence-corrected chi connectivity index (χ3v) is 8.72. The average molecular weight is 574 g/mol. The summed E-state index contributed by atoms with van der Waals surface area (Å²) in [4.78, 5) is 25.4. The number of fused-ring (bicyclic) bond motifs is 1. The molecule has 0 aromatic carbocycles. The molecule has 1 amide bonds. The maximum absolute atomic E-state index is 13.2. The number of aliphatic hydroxyl groups is 1. The molecule has 38 heavy (non-hydrogen) atoms. The highest BCUT2D eigenvalue weighted by Crippen LogP contribution is 2.40. The van der Waals surface area contributed by atoms with Gasteiger partial charge < -0.3 is 14.8 Å². The van der Waals surface area contributed by atoms with Crippen LogP contribution in [0.25, 0.3) is 21.5 Å². The van der Waals surface area contributed by atoms with Crippen molar-refractivity contribution in [1.29, 1.82) is 0 Å². The molecular formula is C26H28ClN5O4S2. The minimum Gasteiger partial charge on any atom is -0.598 e. The second kappa shape index (κ2) is 10.8. The van der Waals surface area contributed by atoms with Gasteiger partial charge in [-0.15, -0.1) is 16.1 Å². The van der Waals surface area contributed by atoms with Crippen molar-refractivity contribution >= 4 is 56.4 Å². The Balaban J connectivity index is 1.86. The van der Waals surface area contributed by atoms with E-state index in [9.17, 15) is 14.5 Å². The topological polar surface area (TPSA) is 143 Å². The van der Waals surface area contributed by atoms with Crippen LogP contribution in [0.5, 0.6) is 0 Å².